The van der Waals surface area contributed by atoms with E-state index in [1.165, 1.54) is 24.5 Å². The van der Waals surface area contributed by atoms with Crippen LogP contribution in [0.2, 0.25) is 5.02 Å². The number of anilines is 1. The van der Waals surface area contributed by atoms with Gasteiger partial charge in [0, 0.05) is 13.1 Å². The first-order chi connectivity index (χ1) is 8.61. The van der Waals surface area contributed by atoms with Crippen molar-refractivity contribution in [3.05, 3.63) is 39.8 Å². The fourth-order valence-electron chi connectivity index (χ4n) is 1.25. The standard InChI is InChI=1S/C11H8BrClFN3O/c1-15-10-9(12)11(17-5-16-10)18-6-2-3-8(14)7(13)4-6/h2-5H,1H3,(H,15,16,17). The molecular weight excluding hydrogens is 324 g/mol. The lowest BCUT2D eigenvalue weighted by atomic mass is 10.3. The van der Waals surface area contributed by atoms with E-state index in [0.29, 0.717) is 21.9 Å². The summed E-state index contributed by atoms with van der Waals surface area (Å²) in [4.78, 5) is 7.97. The summed E-state index contributed by atoms with van der Waals surface area (Å²) < 4.78 is 19.1. The number of benzene rings is 1. The molecule has 0 saturated carbocycles. The van der Waals surface area contributed by atoms with Crippen molar-refractivity contribution in [2.24, 2.45) is 0 Å². The fraction of sp³-hybridized carbons (Fsp3) is 0.0909. The number of hydrogen-bond donors (Lipinski definition) is 1. The van der Waals surface area contributed by atoms with Crippen LogP contribution >= 0.6 is 27.5 Å². The van der Waals surface area contributed by atoms with Gasteiger partial charge in [0.2, 0.25) is 5.88 Å². The highest BCUT2D eigenvalue weighted by Crippen LogP contribution is 2.32. The normalized spacial score (nSPS) is 10.2. The third kappa shape index (κ3) is 2.70. The molecule has 0 amide bonds. The topological polar surface area (TPSA) is 47.0 Å². The molecule has 18 heavy (non-hydrogen) atoms. The summed E-state index contributed by atoms with van der Waals surface area (Å²) in [6.07, 6.45) is 1.36. The summed E-state index contributed by atoms with van der Waals surface area (Å²) in [5.41, 5.74) is 0. The second-order valence-corrected chi connectivity index (χ2v) is 4.47. The molecule has 2 rings (SSSR count). The second-order valence-electron chi connectivity index (χ2n) is 3.27. The number of nitrogens with one attached hydrogen (secondary N) is 1. The summed E-state index contributed by atoms with van der Waals surface area (Å²) in [5, 5.41) is 2.87. The lowest BCUT2D eigenvalue weighted by molar-refractivity contribution is 0.457. The third-order valence-electron chi connectivity index (χ3n) is 2.10. The zero-order valence-corrected chi connectivity index (χ0v) is 11.6. The van der Waals surface area contributed by atoms with Crippen molar-refractivity contribution in [3.8, 4) is 11.6 Å². The van der Waals surface area contributed by atoms with Crippen LogP contribution in [-0.4, -0.2) is 17.0 Å². The molecule has 0 bridgehead atoms. The molecule has 1 aromatic heterocycles. The first-order valence-electron chi connectivity index (χ1n) is 4.93. The van der Waals surface area contributed by atoms with Gasteiger partial charge in [-0.25, -0.2) is 14.4 Å². The lowest BCUT2D eigenvalue weighted by Crippen LogP contribution is -1.97. The summed E-state index contributed by atoms with van der Waals surface area (Å²) >= 11 is 8.98. The SMILES string of the molecule is CNc1ncnc(Oc2ccc(F)c(Cl)c2)c1Br. The van der Waals surface area contributed by atoms with E-state index in [2.05, 4.69) is 31.2 Å². The number of hydrogen-bond acceptors (Lipinski definition) is 4. The largest absolute Gasteiger partial charge is 0.438 e. The van der Waals surface area contributed by atoms with Gasteiger partial charge < -0.3 is 10.1 Å². The van der Waals surface area contributed by atoms with E-state index < -0.39 is 5.82 Å². The minimum atomic E-state index is -0.498. The maximum absolute atomic E-state index is 13.0. The summed E-state index contributed by atoms with van der Waals surface area (Å²) in [7, 11) is 1.73. The van der Waals surface area contributed by atoms with Crippen LogP contribution in [0.25, 0.3) is 0 Å². The van der Waals surface area contributed by atoms with Crippen molar-refractivity contribution >= 4 is 33.3 Å². The monoisotopic (exact) mass is 331 g/mol. The molecule has 2 aromatic rings. The minimum absolute atomic E-state index is 0.00785. The van der Waals surface area contributed by atoms with Crippen LogP contribution in [-0.2, 0) is 0 Å². The average molecular weight is 333 g/mol. The number of halogens is 3. The van der Waals surface area contributed by atoms with Gasteiger partial charge >= 0.3 is 0 Å². The van der Waals surface area contributed by atoms with Gasteiger partial charge in [-0.15, -0.1) is 0 Å². The molecule has 1 heterocycles. The Kier molecular flexibility index (Phi) is 3.98. The van der Waals surface area contributed by atoms with Crippen molar-refractivity contribution in [1.29, 1.82) is 0 Å². The average Bonchev–Trinajstić information content (AvgIpc) is 2.36. The van der Waals surface area contributed by atoms with E-state index in [-0.39, 0.29) is 5.02 Å². The van der Waals surface area contributed by atoms with E-state index in [1.54, 1.807) is 7.05 Å². The second kappa shape index (κ2) is 5.49. The van der Waals surface area contributed by atoms with E-state index in [0.717, 1.165) is 0 Å². The Morgan fingerprint density at radius 3 is 2.83 bits per heavy atom. The molecule has 7 heteroatoms. The van der Waals surface area contributed by atoms with Crippen LogP contribution < -0.4 is 10.1 Å². The van der Waals surface area contributed by atoms with E-state index in [1.807, 2.05) is 0 Å². The van der Waals surface area contributed by atoms with Gasteiger partial charge in [0.1, 0.15) is 28.2 Å². The summed E-state index contributed by atoms with van der Waals surface area (Å²) in [6.45, 7) is 0. The molecule has 0 unspecified atom stereocenters. The van der Waals surface area contributed by atoms with Crippen LogP contribution in [0.15, 0.2) is 29.0 Å². The van der Waals surface area contributed by atoms with Crippen LogP contribution in [0, 0.1) is 5.82 Å². The van der Waals surface area contributed by atoms with Gasteiger partial charge in [-0.05, 0) is 28.1 Å². The molecule has 1 aromatic carbocycles. The molecule has 0 fully saturated rings. The summed E-state index contributed by atoms with van der Waals surface area (Å²) in [6, 6.07) is 4.07. The van der Waals surface area contributed by atoms with Gasteiger partial charge in [-0.1, -0.05) is 11.6 Å². The first-order valence-corrected chi connectivity index (χ1v) is 6.10. The van der Waals surface area contributed by atoms with Crippen molar-refractivity contribution < 1.29 is 9.13 Å². The fourth-order valence-corrected chi connectivity index (χ4v) is 1.91. The van der Waals surface area contributed by atoms with Crippen LogP contribution in [0.4, 0.5) is 10.2 Å². The van der Waals surface area contributed by atoms with Crippen LogP contribution in [0.5, 0.6) is 11.6 Å². The number of nitrogens with zero attached hydrogens (tertiary/aromatic N) is 2. The summed E-state index contributed by atoms with van der Waals surface area (Å²) in [5.74, 6) is 0.801. The molecule has 0 saturated heterocycles. The van der Waals surface area contributed by atoms with Crippen molar-refractivity contribution in [1.82, 2.24) is 9.97 Å². The van der Waals surface area contributed by atoms with E-state index in [4.69, 9.17) is 16.3 Å². The van der Waals surface area contributed by atoms with Gasteiger partial charge in [-0.3, -0.25) is 0 Å². The van der Waals surface area contributed by atoms with Crippen molar-refractivity contribution in [2.45, 2.75) is 0 Å². The third-order valence-corrected chi connectivity index (χ3v) is 3.10. The highest BCUT2D eigenvalue weighted by Gasteiger charge is 2.10. The van der Waals surface area contributed by atoms with Crippen LogP contribution in [0.1, 0.15) is 0 Å². The molecule has 0 aliphatic rings. The first kappa shape index (κ1) is 13.0. The Labute approximate surface area is 116 Å². The van der Waals surface area contributed by atoms with Crippen molar-refractivity contribution in [3.63, 3.8) is 0 Å². The van der Waals surface area contributed by atoms with Gasteiger partial charge in [0.25, 0.3) is 0 Å². The van der Waals surface area contributed by atoms with E-state index in [9.17, 15) is 4.39 Å². The smallest absolute Gasteiger partial charge is 0.238 e. The Balaban J connectivity index is 2.31. The maximum atomic E-state index is 13.0. The predicted octanol–water partition coefficient (Wildman–Crippen LogP) is 3.87. The van der Waals surface area contributed by atoms with Crippen molar-refractivity contribution in [2.75, 3.05) is 12.4 Å². The Hall–Kier alpha value is -1.40. The molecule has 4 nitrogen and oxygen atoms in total. The Bertz CT molecular complexity index is 582. The van der Waals surface area contributed by atoms with Gasteiger partial charge in [0.05, 0.1) is 5.02 Å². The highest BCUT2D eigenvalue weighted by molar-refractivity contribution is 9.10. The molecule has 0 aliphatic heterocycles. The molecule has 94 valence electrons. The lowest BCUT2D eigenvalue weighted by Gasteiger charge is -2.09. The number of ether oxygens (including phenoxy) is 1. The number of aromatic nitrogens is 2. The highest BCUT2D eigenvalue weighted by atomic mass is 79.9. The Morgan fingerprint density at radius 1 is 1.39 bits per heavy atom. The maximum Gasteiger partial charge on any atom is 0.238 e. The van der Waals surface area contributed by atoms with Gasteiger partial charge in [-0.2, -0.15) is 0 Å². The van der Waals surface area contributed by atoms with E-state index >= 15 is 0 Å². The predicted molar refractivity (Wildman–Crippen MR) is 70.8 cm³/mol. The van der Waals surface area contributed by atoms with Crippen LogP contribution in [0.3, 0.4) is 0 Å². The van der Waals surface area contributed by atoms with Gasteiger partial charge in [0.15, 0.2) is 0 Å². The molecule has 1 N–H and O–H groups in total. The molecule has 0 spiro atoms. The quantitative estimate of drug-likeness (QED) is 0.927. The molecule has 0 radical (unpaired) electrons. The minimum Gasteiger partial charge on any atom is -0.438 e. The zero-order valence-electron chi connectivity index (χ0n) is 9.25. The number of rotatable bonds is 3. The Morgan fingerprint density at radius 2 is 2.17 bits per heavy atom. The molecule has 0 atom stereocenters. The zero-order chi connectivity index (χ0) is 13.1. The molecular formula is C11H8BrClFN3O. The molecule has 0 aliphatic carbocycles.